The van der Waals surface area contributed by atoms with Crippen molar-refractivity contribution in [3.8, 4) is 5.69 Å². The minimum atomic E-state index is -1.72. The molecule has 142 valence electrons. The molecule has 10 heteroatoms. The van der Waals surface area contributed by atoms with Gasteiger partial charge in [0.25, 0.3) is 5.91 Å². The fourth-order valence-electron chi connectivity index (χ4n) is 2.81. The van der Waals surface area contributed by atoms with Crippen LogP contribution < -0.4 is 4.90 Å². The highest BCUT2D eigenvalue weighted by atomic mass is 16.6. The van der Waals surface area contributed by atoms with Crippen LogP contribution in [-0.2, 0) is 23.9 Å². The van der Waals surface area contributed by atoms with E-state index in [1.165, 1.54) is 4.90 Å². The van der Waals surface area contributed by atoms with Gasteiger partial charge in [0, 0.05) is 31.1 Å². The van der Waals surface area contributed by atoms with Crippen LogP contribution in [0.2, 0.25) is 0 Å². The van der Waals surface area contributed by atoms with E-state index in [4.69, 9.17) is 9.47 Å². The molecule has 0 radical (unpaired) electrons. The molecular formula is C17H18N4O6. The number of rotatable bonds is 5. The molecule has 27 heavy (non-hydrogen) atoms. The van der Waals surface area contributed by atoms with E-state index in [1.807, 2.05) is 6.92 Å². The Balaban J connectivity index is 1.88. The van der Waals surface area contributed by atoms with Crippen LogP contribution in [0, 0.1) is 6.92 Å². The Morgan fingerprint density at radius 3 is 2.70 bits per heavy atom. The number of pyridine rings is 1. The highest BCUT2D eigenvalue weighted by Gasteiger charge is 2.43. The van der Waals surface area contributed by atoms with Gasteiger partial charge in [-0.3, -0.25) is 19.5 Å². The molecule has 3 rings (SSSR count). The van der Waals surface area contributed by atoms with E-state index < -0.39 is 30.1 Å². The molecule has 1 fully saturated rings. The van der Waals surface area contributed by atoms with Crippen LogP contribution in [0.25, 0.3) is 5.69 Å². The van der Waals surface area contributed by atoms with Gasteiger partial charge in [0.1, 0.15) is 0 Å². The summed E-state index contributed by atoms with van der Waals surface area (Å²) >= 11 is 0. The predicted molar refractivity (Wildman–Crippen MR) is 91.4 cm³/mol. The Morgan fingerprint density at radius 2 is 2.07 bits per heavy atom. The van der Waals surface area contributed by atoms with Crippen molar-refractivity contribution in [3.05, 3.63) is 36.3 Å². The first-order chi connectivity index (χ1) is 12.9. The molecule has 0 saturated carbocycles. The van der Waals surface area contributed by atoms with Gasteiger partial charge in [-0.05, 0) is 19.1 Å². The third kappa shape index (κ3) is 3.80. The van der Waals surface area contributed by atoms with E-state index in [0.717, 1.165) is 18.3 Å². The average Bonchev–Trinajstić information content (AvgIpc) is 3.02. The number of nitrogens with zero attached hydrogens (tertiary/aromatic N) is 4. The minimum absolute atomic E-state index is 0.0859. The van der Waals surface area contributed by atoms with Gasteiger partial charge >= 0.3 is 11.9 Å². The molecular weight excluding hydrogens is 356 g/mol. The number of carboxylic acid groups (broad SMARTS) is 1. The third-order valence-electron chi connectivity index (χ3n) is 3.99. The Hall–Kier alpha value is -3.27. The first-order valence-corrected chi connectivity index (χ1v) is 8.18. The lowest BCUT2D eigenvalue weighted by molar-refractivity contribution is -0.177. The number of ether oxygens (including phenoxy) is 2. The average molecular weight is 374 g/mol. The fourth-order valence-corrected chi connectivity index (χ4v) is 2.81. The summed E-state index contributed by atoms with van der Waals surface area (Å²) in [6.45, 7) is 3.19. The van der Waals surface area contributed by atoms with Gasteiger partial charge in [0.2, 0.25) is 6.10 Å². The van der Waals surface area contributed by atoms with Gasteiger partial charge in [-0.25, -0.2) is 9.48 Å². The minimum Gasteiger partial charge on any atom is -0.478 e. The number of amides is 1. The second-order valence-corrected chi connectivity index (χ2v) is 5.91. The number of aliphatic carboxylic acids is 1. The predicted octanol–water partition coefficient (Wildman–Crippen LogP) is 0.324. The molecule has 0 bridgehead atoms. The summed E-state index contributed by atoms with van der Waals surface area (Å²) in [6.07, 6.45) is 0.0956. The summed E-state index contributed by atoms with van der Waals surface area (Å²) in [5.41, 5.74) is 1.55. The van der Waals surface area contributed by atoms with Crippen LogP contribution in [0.5, 0.6) is 0 Å². The number of carbonyl (C=O) groups excluding carboxylic acids is 2. The Bertz CT molecular complexity index is 866. The highest BCUT2D eigenvalue weighted by molar-refractivity contribution is 6.00. The van der Waals surface area contributed by atoms with Crippen LogP contribution in [0.3, 0.4) is 0 Å². The van der Waals surface area contributed by atoms with Crippen LogP contribution in [-0.4, -0.2) is 63.1 Å². The molecule has 3 heterocycles. The van der Waals surface area contributed by atoms with Crippen molar-refractivity contribution in [2.24, 2.45) is 0 Å². The van der Waals surface area contributed by atoms with E-state index in [1.54, 1.807) is 35.3 Å². The number of esters is 1. The zero-order valence-corrected chi connectivity index (χ0v) is 14.7. The maximum atomic E-state index is 12.8. The fraction of sp³-hybridized carbons (Fsp3) is 0.353. The zero-order valence-electron chi connectivity index (χ0n) is 14.7. The van der Waals surface area contributed by atoms with Crippen molar-refractivity contribution in [2.75, 3.05) is 18.1 Å². The van der Waals surface area contributed by atoms with Crippen molar-refractivity contribution in [1.29, 1.82) is 0 Å². The highest BCUT2D eigenvalue weighted by Crippen LogP contribution is 2.23. The van der Waals surface area contributed by atoms with E-state index in [0.29, 0.717) is 5.82 Å². The second kappa shape index (κ2) is 7.54. The number of carboxylic acids is 1. The van der Waals surface area contributed by atoms with Gasteiger partial charge in [-0.15, -0.1) is 5.10 Å². The molecule has 2 atom stereocenters. The van der Waals surface area contributed by atoms with Crippen molar-refractivity contribution < 1.29 is 29.0 Å². The van der Waals surface area contributed by atoms with Gasteiger partial charge in [0.15, 0.2) is 11.9 Å². The first-order valence-electron chi connectivity index (χ1n) is 8.18. The van der Waals surface area contributed by atoms with Gasteiger partial charge in [0.05, 0.1) is 18.8 Å². The van der Waals surface area contributed by atoms with Gasteiger partial charge in [-0.1, -0.05) is 0 Å². The lowest BCUT2D eigenvalue weighted by Gasteiger charge is -2.33. The largest absolute Gasteiger partial charge is 0.478 e. The molecule has 1 aliphatic heterocycles. The molecule has 10 nitrogen and oxygen atoms in total. The molecule has 0 aromatic carbocycles. The molecule has 1 aliphatic rings. The monoisotopic (exact) mass is 374 g/mol. The molecule has 0 spiro atoms. The molecule has 0 aliphatic carbocycles. The second-order valence-electron chi connectivity index (χ2n) is 5.91. The van der Waals surface area contributed by atoms with E-state index in [9.17, 15) is 19.5 Å². The van der Waals surface area contributed by atoms with Crippen molar-refractivity contribution in [2.45, 2.75) is 26.1 Å². The summed E-state index contributed by atoms with van der Waals surface area (Å²) in [7, 11) is 0. The maximum absolute atomic E-state index is 12.8. The van der Waals surface area contributed by atoms with Crippen LogP contribution >= 0.6 is 0 Å². The molecule has 1 saturated heterocycles. The number of hydrogen-bond acceptors (Lipinski definition) is 7. The standard InChI is InChI=1S/C17H18N4O6/c1-10-9-13(19-21(10)12-3-5-18-6-4-12)20-7-8-26-14(16(20)23)15(17(24)25)27-11(2)22/h3-6,9,14-15H,7-8H2,1-2H3,(H,24,25)/t14-,15-/m1/s1. The van der Waals surface area contributed by atoms with Crippen molar-refractivity contribution >= 4 is 23.7 Å². The normalized spacial score (nSPS) is 18.2. The summed E-state index contributed by atoms with van der Waals surface area (Å²) in [6, 6.07) is 5.26. The van der Waals surface area contributed by atoms with Gasteiger partial charge < -0.3 is 14.6 Å². The topological polar surface area (TPSA) is 124 Å². The van der Waals surface area contributed by atoms with E-state index in [-0.39, 0.29) is 13.2 Å². The molecule has 1 N–H and O–H groups in total. The Kier molecular flexibility index (Phi) is 5.17. The number of aromatic nitrogens is 3. The third-order valence-corrected chi connectivity index (χ3v) is 3.99. The number of aryl methyl sites for hydroxylation is 1. The summed E-state index contributed by atoms with van der Waals surface area (Å²) in [5.74, 6) is -2.54. The molecule has 2 aromatic rings. The molecule has 1 amide bonds. The Morgan fingerprint density at radius 1 is 1.37 bits per heavy atom. The maximum Gasteiger partial charge on any atom is 0.348 e. The SMILES string of the molecule is CC(=O)O[C@@H](C(=O)O)[C@H]1OCCN(c2cc(C)n(-c3ccncc3)n2)C1=O. The quantitative estimate of drug-likeness (QED) is 0.742. The smallest absolute Gasteiger partial charge is 0.348 e. The lowest BCUT2D eigenvalue weighted by Crippen LogP contribution is -2.55. The molecule has 0 unspecified atom stereocenters. The zero-order chi connectivity index (χ0) is 19.6. The van der Waals surface area contributed by atoms with Gasteiger partial charge in [-0.2, -0.15) is 0 Å². The first kappa shape index (κ1) is 18.5. The van der Waals surface area contributed by atoms with Crippen LogP contribution in [0.15, 0.2) is 30.6 Å². The number of morpholine rings is 1. The van der Waals surface area contributed by atoms with E-state index in [2.05, 4.69) is 10.1 Å². The summed E-state index contributed by atoms with van der Waals surface area (Å²) < 4.78 is 11.7. The van der Waals surface area contributed by atoms with Crippen molar-refractivity contribution in [1.82, 2.24) is 14.8 Å². The summed E-state index contributed by atoms with van der Waals surface area (Å²) in [4.78, 5) is 40.7. The summed E-state index contributed by atoms with van der Waals surface area (Å²) in [5, 5.41) is 13.7. The van der Waals surface area contributed by atoms with E-state index >= 15 is 0 Å². The number of anilines is 1. The molecule has 2 aromatic heterocycles. The lowest BCUT2D eigenvalue weighted by atomic mass is 10.1. The van der Waals surface area contributed by atoms with Crippen molar-refractivity contribution in [3.63, 3.8) is 0 Å². The number of hydrogen-bond donors (Lipinski definition) is 1. The number of carbonyl (C=O) groups is 3. The van der Waals surface area contributed by atoms with Crippen LogP contribution in [0.1, 0.15) is 12.6 Å². The van der Waals surface area contributed by atoms with Crippen LogP contribution in [0.4, 0.5) is 5.82 Å². The Labute approximate surface area is 154 Å².